The summed E-state index contributed by atoms with van der Waals surface area (Å²) in [7, 11) is 6.18. The van der Waals surface area contributed by atoms with Crippen LogP contribution in [0.25, 0.3) is 21.5 Å². The lowest BCUT2D eigenvalue weighted by Crippen LogP contribution is -2.65. The summed E-state index contributed by atoms with van der Waals surface area (Å²) in [6.45, 7) is -0.396. The summed E-state index contributed by atoms with van der Waals surface area (Å²) in [6, 6.07) is 31.1. The van der Waals surface area contributed by atoms with Gasteiger partial charge >= 0.3 is 12.4 Å². The molecule has 24 heteroatoms. The highest BCUT2D eigenvalue weighted by molar-refractivity contribution is 5.76. The molecule has 3 N–H and O–H groups in total. The van der Waals surface area contributed by atoms with Gasteiger partial charge in [-0.2, -0.15) is 26.3 Å². The molecule has 0 radical (unpaired) electrons. The molecule has 83 heavy (non-hydrogen) atoms. The van der Waals surface area contributed by atoms with E-state index >= 15 is 0 Å². The number of alkyl halides is 6. The van der Waals surface area contributed by atoms with Crippen LogP contribution in [0.15, 0.2) is 145 Å². The van der Waals surface area contributed by atoms with Gasteiger partial charge in [0.05, 0.1) is 139 Å². The summed E-state index contributed by atoms with van der Waals surface area (Å²) >= 11 is 0. The summed E-state index contributed by atoms with van der Waals surface area (Å²) in [6.07, 6.45) is -15.3. The smallest absolute Gasteiger partial charge is 0.416 e. The Kier molecular flexibility index (Phi) is 19.5. The van der Waals surface area contributed by atoms with Gasteiger partial charge in [0.15, 0.2) is 6.29 Å². The van der Waals surface area contributed by atoms with Crippen LogP contribution in [0, 0.1) is 0 Å². The maximum atomic E-state index is 14.2. The standard InChI is InChI=1S/C59H61F6N7O11/c1-73-41-15-5-35(6-16-41)27-77-32-50-52(70-71-67)54(49(31-79-50)72-34-68-47-26-40(59(63,64)65)14-24-48(47)72)83-57-53(69-46-23-13-39(25-45(46)66)58(60,61)62)56(81-30-38-11-21-44(76-4)22-12-38)55(80-29-37-9-19-43(75-3)20-10-37)51(82-57)33-78-28-36-7-17-42(74-2)18-8-36/h5-26,34,49-57,69H,27-33,66H2,1-4H3/t49?,50?,51?,52-,53?,54+,55-,56-,57-/m0/s1. The minimum absolute atomic E-state index is 0.00647. The number of hydrogen-bond acceptors (Lipinski definition) is 15. The maximum absolute atomic E-state index is 14.2. The Morgan fingerprint density at radius 3 is 1.60 bits per heavy atom. The number of azide groups is 1. The number of nitrogens with two attached hydrogens (primary N) is 1. The number of nitrogens with zero attached hydrogens (tertiary/aromatic N) is 5. The summed E-state index contributed by atoms with van der Waals surface area (Å²) in [5.41, 5.74) is 17.9. The number of imidazole rings is 1. The molecular formula is C59H61F6N7O11. The number of anilines is 2. The first kappa shape index (κ1) is 59.8. The first-order valence-corrected chi connectivity index (χ1v) is 26.2. The minimum Gasteiger partial charge on any atom is -0.497 e. The molecule has 6 aromatic carbocycles. The van der Waals surface area contributed by atoms with Crippen LogP contribution in [0.3, 0.4) is 0 Å². The number of halogens is 6. The van der Waals surface area contributed by atoms with Gasteiger partial charge < -0.3 is 67.7 Å². The molecule has 440 valence electrons. The monoisotopic (exact) mass is 1160 g/mol. The molecule has 1 aromatic heterocycles. The number of nitrogens with one attached hydrogen (secondary N) is 1. The molecule has 18 nitrogen and oxygen atoms in total. The van der Waals surface area contributed by atoms with E-state index in [0.717, 1.165) is 41.0 Å². The number of aromatic nitrogens is 2. The molecular weight excluding hydrogens is 1100 g/mol. The van der Waals surface area contributed by atoms with Crippen molar-refractivity contribution in [3.8, 4) is 23.0 Å². The van der Waals surface area contributed by atoms with E-state index in [1.807, 2.05) is 36.4 Å². The predicted molar refractivity (Wildman–Crippen MR) is 292 cm³/mol. The van der Waals surface area contributed by atoms with Crippen LogP contribution in [0.2, 0.25) is 0 Å². The van der Waals surface area contributed by atoms with Gasteiger partial charge in [-0.3, -0.25) is 0 Å². The Morgan fingerprint density at radius 1 is 0.627 bits per heavy atom. The van der Waals surface area contributed by atoms with Gasteiger partial charge in [-0.25, -0.2) is 4.98 Å². The number of hydrogen-bond donors (Lipinski definition) is 2. The summed E-state index contributed by atoms with van der Waals surface area (Å²) in [4.78, 5) is 7.60. The van der Waals surface area contributed by atoms with Crippen molar-refractivity contribution in [3.05, 3.63) is 184 Å². The largest absolute Gasteiger partial charge is 0.497 e. The zero-order valence-electron chi connectivity index (χ0n) is 45.5. The SMILES string of the molecule is COc1ccc(COCC2OCC(n3cnc4cc(C(F)(F)F)ccc43)[C@@H](O[C@@H]3OC(COCc4ccc(OC)cc4)[C@H](OCc4ccc(OC)cc4)[C@@H](OCc4ccc(OC)cc4)C3Nc3ccc(C(F)(F)F)cc3N)[C@H]2N=[N+]=[N-])cc1. The van der Waals surface area contributed by atoms with Crippen LogP contribution in [0.5, 0.6) is 23.0 Å². The van der Waals surface area contributed by atoms with Crippen molar-refractivity contribution in [2.24, 2.45) is 5.11 Å². The number of rotatable bonds is 24. The van der Waals surface area contributed by atoms with Gasteiger partial charge in [-0.15, -0.1) is 0 Å². The van der Waals surface area contributed by atoms with E-state index < -0.39 is 78.4 Å². The van der Waals surface area contributed by atoms with Crippen molar-refractivity contribution >= 4 is 22.4 Å². The van der Waals surface area contributed by atoms with Gasteiger partial charge in [-0.05, 0) is 113 Å². The quantitative estimate of drug-likeness (QED) is 0.0190. The van der Waals surface area contributed by atoms with Crippen molar-refractivity contribution in [2.45, 2.75) is 93.7 Å². The van der Waals surface area contributed by atoms with E-state index in [0.29, 0.717) is 28.6 Å². The van der Waals surface area contributed by atoms with Crippen molar-refractivity contribution in [1.82, 2.24) is 9.55 Å². The average Bonchev–Trinajstić information content (AvgIpc) is 3.28. The Balaban J connectivity index is 1.16. The van der Waals surface area contributed by atoms with Crippen molar-refractivity contribution < 1.29 is 78.4 Å². The highest BCUT2D eigenvalue weighted by atomic mass is 19.4. The second-order valence-electron chi connectivity index (χ2n) is 19.6. The van der Waals surface area contributed by atoms with Crippen LogP contribution < -0.4 is 30.0 Å². The highest BCUT2D eigenvalue weighted by Crippen LogP contribution is 2.40. The molecule has 2 aliphatic rings. The molecule has 0 aliphatic carbocycles. The van der Waals surface area contributed by atoms with Gasteiger partial charge in [0.1, 0.15) is 47.4 Å². The number of benzene rings is 6. The lowest BCUT2D eigenvalue weighted by Gasteiger charge is -2.49. The Morgan fingerprint density at radius 2 is 1.11 bits per heavy atom. The molecule has 7 aromatic rings. The average molecular weight is 1160 g/mol. The second kappa shape index (κ2) is 27.1. The highest BCUT2D eigenvalue weighted by Gasteiger charge is 2.52. The molecule has 0 spiro atoms. The number of fused-ring (bicyclic) bond motifs is 1. The van der Waals surface area contributed by atoms with Crippen LogP contribution in [-0.2, 0) is 71.9 Å². The van der Waals surface area contributed by atoms with Crippen molar-refractivity contribution in [1.29, 1.82) is 0 Å². The molecule has 0 bridgehead atoms. The Bertz CT molecular complexity index is 3260. The molecule has 9 rings (SSSR count). The van der Waals surface area contributed by atoms with Gasteiger partial charge in [0, 0.05) is 4.91 Å². The predicted octanol–water partition coefficient (Wildman–Crippen LogP) is 11.5. The zero-order valence-corrected chi connectivity index (χ0v) is 45.5. The molecule has 2 aliphatic heterocycles. The Hall–Kier alpha value is -7.80. The second-order valence-corrected chi connectivity index (χ2v) is 19.6. The Labute approximate surface area is 473 Å². The summed E-state index contributed by atoms with van der Waals surface area (Å²) in [5.74, 6) is 2.45. The van der Waals surface area contributed by atoms with Crippen molar-refractivity contribution in [3.63, 3.8) is 0 Å². The third kappa shape index (κ3) is 14.9. The molecule has 0 amide bonds. The number of ether oxygens (including phenoxy) is 11. The molecule has 2 fully saturated rings. The van der Waals surface area contributed by atoms with Crippen LogP contribution in [0.1, 0.15) is 39.4 Å². The van der Waals surface area contributed by atoms with Crippen LogP contribution in [0.4, 0.5) is 37.7 Å². The molecule has 3 heterocycles. The van der Waals surface area contributed by atoms with Crippen LogP contribution >= 0.6 is 0 Å². The third-order valence-electron chi connectivity index (χ3n) is 14.3. The lowest BCUT2D eigenvalue weighted by molar-refractivity contribution is -0.304. The number of methoxy groups -OCH3 is 4. The normalized spacial score (nSPS) is 21.9. The molecule has 9 atom stereocenters. The van der Waals surface area contributed by atoms with E-state index in [2.05, 4.69) is 20.3 Å². The fourth-order valence-electron chi connectivity index (χ4n) is 9.85. The molecule has 2 saturated heterocycles. The summed E-state index contributed by atoms with van der Waals surface area (Å²) in [5, 5.41) is 7.57. The maximum Gasteiger partial charge on any atom is 0.416 e. The summed E-state index contributed by atoms with van der Waals surface area (Å²) < 4.78 is 155. The zero-order chi connectivity index (χ0) is 58.7. The first-order valence-electron chi connectivity index (χ1n) is 26.2. The van der Waals surface area contributed by atoms with Gasteiger partial charge in [0.25, 0.3) is 0 Å². The number of nitrogen functional groups attached to an aromatic ring is 1. The third-order valence-corrected chi connectivity index (χ3v) is 14.3. The topological polar surface area (TPSA) is 206 Å². The van der Waals surface area contributed by atoms with E-state index in [9.17, 15) is 31.9 Å². The van der Waals surface area contributed by atoms with E-state index in [1.165, 1.54) is 25.6 Å². The minimum atomic E-state index is -4.75. The van der Waals surface area contributed by atoms with Gasteiger partial charge in [-0.1, -0.05) is 53.6 Å². The lowest BCUT2D eigenvalue weighted by atomic mass is 9.93. The van der Waals surface area contributed by atoms with E-state index in [4.69, 9.17) is 57.8 Å². The fourth-order valence-corrected chi connectivity index (χ4v) is 9.85. The first-order chi connectivity index (χ1) is 40.0. The fraction of sp³-hybridized carbons (Fsp3) is 0.373. The molecule has 4 unspecified atom stereocenters. The van der Waals surface area contributed by atoms with Crippen molar-refractivity contribution in [2.75, 3.05) is 59.3 Å². The van der Waals surface area contributed by atoms with E-state index in [1.54, 1.807) is 86.6 Å². The molecule has 0 saturated carbocycles. The van der Waals surface area contributed by atoms with E-state index in [-0.39, 0.29) is 68.7 Å². The van der Waals surface area contributed by atoms with Gasteiger partial charge in [0.2, 0.25) is 0 Å². The van der Waals surface area contributed by atoms with Crippen LogP contribution in [-0.4, -0.2) is 107 Å².